The molecule has 2 amide bonds. The smallest absolute Gasteiger partial charge is 0.266 e. The number of piperidine rings is 1. The van der Waals surface area contributed by atoms with Crippen LogP contribution >= 0.6 is 11.6 Å². The molecule has 4 atom stereocenters. The number of rotatable bonds is 16. The molecule has 6 N–H and O–H groups in total. The Kier molecular flexibility index (Phi) is 13.0. The lowest BCUT2D eigenvalue weighted by Crippen LogP contribution is -2.55. The fourth-order valence-electron chi connectivity index (χ4n) is 7.17. The van der Waals surface area contributed by atoms with Gasteiger partial charge in [-0.25, -0.2) is 18.1 Å². The average Bonchev–Trinajstić information content (AvgIpc) is 3.81. The number of oxazole rings is 1. The summed E-state index contributed by atoms with van der Waals surface area (Å²) in [4.78, 5) is 48.7. The standard InChI is InChI=1S/C39H46ClN7O7S/c1-55(51,52)46-31(14-11-24-15-17-43-18-16-24)39(50)47-22-29(53-23-25-9-12-28(40)13-10-25)21-33(47)37(49)44-32(20-26-5-4-6-27(19-26)36(41)42)35(48)38-45-30-7-2-3-8-34(30)54-38/h2-10,12-13,19,24,29,31-33,43,46H,11,14-18,20-23H2,1H3,(H3,41,42)(H,44,49)/t29-,31-,32+,33+/m1/s1. The third kappa shape index (κ3) is 10.8. The number of benzene rings is 3. The third-order valence-corrected chi connectivity index (χ3v) is 11.0. The van der Waals surface area contributed by atoms with Crippen LogP contribution < -0.4 is 21.1 Å². The van der Waals surface area contributed by atoms with Gasteiger partial charge in [0.1, 0.15) is 29.5 Å². The topological polar surface area (TPSA) is 210 Å². The lowest BCUT2D eigenvalue weighted by atomic mass is 9.91. The number of nitrogen functional groups attached to an aromatic ring is 1. The normalized spacial score (nSPS) is 18.9. The molecule has 0 radical (unpaired) electrons. The van der Waals surface area contributed by atoms with Crippen LogP contribution in [0.4, 0.5) is 0 Å². The van der Waals surface area contributed by atoms with Gasteiger partial charge in [-0.3, -0.25) is 19.8 Å². The van der Waals surface area contributed by atoms with E-state index in [4.69, 9.17) is 31.9 Å². The van der Waals surface area contributed by atoms with Gasteiger partial charge in [0, 0.05) is 30.0 Å². The van der Waals surface area contributed by atoms with Crippen molar-refractivity contribution in [1.29, 1.82) is 5.41 Å². The van der Waals surface area contributed by atoms with Crippen molar-refractivity contribution in [2.75, 3.05) is 25.9 Å². The van der Waals surface area contributed by atoms with Crippen molar-refractivity contribution in [3.63, 3.8) is 0 Å². The number of likely N-dealkylation sites (tertiary alicyclic amines) is 1. The number of para-hydroxylation sites is 2. The van der Waals surface area contributed by atoms with Crippen molar-refractivity contribution >= 4 is 56.2 Å². The fraction of sp³-hybridized carbons (Fsp3) is 0.410. The summed E-state index contributed by atoms with van der Waals surface area (Å²) in [6.45, 7) is 1.91. The Morgan fingerprint density at radius 2 is 1.80 bits per heavy atom. The number of fused-ring (bicyclic) bond motifs is 1. The molecule has 1 aromatic heterocycles. The summed E-state index contributed by atoms with van der Waals surface area (Å²) < 4.78 is 39.7. The number of nitrogens with two attached hydrogens (primary N) is 1. The fourth-order valence-corrected chi connectivity index (χ4v) is 8.04. The monoisotopic (exact) mass is 791 g/mol. The second-order valence-corrected chi connectivity index (χ2v) is 16.5. The summed E-state index contributed by atoms with van der Waals surface area (Å²) in [5, 5.41) is 14.7. The molecule has 0 spiro atoms. The maximum atomic E-state index is 14.4. The van der Waals surface area contributed by atoms with Crippen LogP contribution in [-0.4, -0.2) is 91.9 Å². The highest BCUT2D eigenvalue weighted by atomic mass is 35.5. The van der Waals surface area contributed by atoms with Gasteiger partial charge < -0.3 is 30.4 Å². The quantitative estimate of drug-likeness (QED) is 0.0633. The Labute approximate surface area is 325 Å². The predicted molar refractivity (Wildman–Crippen MR) is 208 cm³/mol. The van der Waals surface area contributed by atoms with Gasteiger partial charge in [-0.05, 0) is 86.1 Å². The largest absolute Gasteiger partial charge is 0.434 e. The van der Waals surface area contributed by atoms with Crippen LogP contribution in [0.2, 0.25) is 5.02 Å². The predicted octanol–water partition coefficient (Wildman–Crippen LogP) is 3.56. The first-order valence-corrected chi connectivity index (χ1v) is 20.6. The van der Waals surface area contributed by atoms with Crippen LogP contribution in [0.25, 0.3) is 11.1 Å². The average molecular weight is 792 g/mol. The number of ketones is 1. The lowest BCUT2D eigenvalue weighted by Gasteiger charge is -2.30. The van der Waals surface area contributed by atoms with Crippen molar-refractivity contribution in [3.05, 3.63) is 100 Å². The van der Waals surface area contributed by atoms with Gasteiger partial charge >= 0.3 is 0 Å². The molecule has 6 rings (SSSR count). The molecular formula is C39H46ClN7O7S. The van der Waals surface area contributed by atoms with E-state index >= 15 is 0 Å². The van der Waals surface area contributed by atoms with E-state index in [-0.39, 0.29) is 44.1 Å². The number of nitrogens with zero attached hydrogens (tertiary/aromatic N) is 2. The molecule has 0 saturated carbocycles. The van der Waals surface area contributed by atoms with E-state index in [1.807, 2.05) is 12.1 Å². The molecule has 55 heavy (non-hydrogen) atoms. The molecule has 0 aliphatic carbocycles. The van der Waals surface area contributed by atoms with Crippen LogP contribution in [0.3, 0.4) is 0 Å². The van der Waals surface area contributed by atoms with E-state index in [0.29, 0.717) is 39.6 Å². The number of carbonyl (C=O) groups is 3. The number of ether oxygens (including phenoxy) is 1. The van der Waals surface area contributed by atoms with Gasteiger partial charge in [-0.2, -0.15) is 0 Å². The molecule has 2 saturated heterocycles. The van der Waals surface area contributed by atoms with Crippen molar-refractivity contribution < 1.29 is 32.0 Å². The first kappa shape index (κ1) is 40.0. The second-order valence-electron chi connectivity index (χ2n) is 14.2. The number of carbonyl (C=O) groups excluding carboxylic acids is 3. The summed E-state index contributed by atoms with van der Waals surface area (Å²) in [5.41, 5.74) is 8.51. The SMILES string of the molecule is CS(=O)(=O)N[C@H](CCC1CCNCC1)C(=O)N1C[C@H](OCc2ccc(Cl)cc2)C[C@H]1C(=O)N[C@@H](Cc1cccc(C(=N)N)c1)C(=O)c1nc2ccccc2o1. The van der Waals surface area contributed by atoms with Crippen molar-refractivity contribution in [2.45, 2.75) is 69.4 Å². The second kappa shape index (κ2) is 17.9. The van der Waals surface area contributed by atoms with E-state index < -0.39 is 51.9 Å². The first-order chi connectivity index (χ1) is 26.3. The van der Waals surface area contributed by atoms with Crippen LogP contribution in [0, 0.1) is 11.3 Å². The van der Waals surface area contributed by atoms with E-state index in [2.05, 4.69) is 20.3 Å². The number of hydrogen-bond donors (Lipinski definition) is 5. The minimum absolute atomic E-state index is 0.00388. The van der Waals surface area contributed by atoms with Gasteiger partial charge in [0.15, 0.2) is 5.58 Å². The Morgan fingerprint density at radius 3 is 2.51 bits per heavy atom. The summed E-state index contributed by atoms with van der Waals surface area (Å²) in [7, 11) is -3.81. The molecule has 292 valence electrons. The van der Waals surface area contributed by atoms with Gasteiger partial charge in [-0.1, -0.05) is 54.1 Å². The van der Waals surface area contributed by atoms with Crippen molar-refractivity contribution in [1.82, 2.24) is 25.2 Å². The summed E-state index contributed by atoms with van der Waals surface area (Å²) >= 11 is 6.06. The highest BCUT2D eigenvalue weighted by Crippen LogP contribution is 2.27. The van der Waals surface area contributed by atoms with E-state index in [1.54, 1.807) is 60.7 Å². The van der Waals surface area contributed by atoms with Gasteiger partial charge in [-0.15, -0.1) is 0 Å². The lowest BCUT2D eigenvalue weighted by molar-refractivity contribution is -0.140. The minimum atomic E-state index is -3.81. The molecule has 2 fully saturated rings. The molecule has 16 heteroatoms. The maximum Gasteiger partial charge on any atom is 0.266 e. The van der Waals surface area contributed by atoms with E-state index in [9.17, 15) is 22.8 Å². The number of amidine groups is 1. The zero-order chi connectivity index (χ0) is 39.1. The molecule has 3 aromatic carbocycles. The number of sulfonamides is 1. The highest BCUT2D eigenvalue weighted by molar-refractivity contribution is 7.88. The van der Waals surface area contributed by atoms with Crippen molar-refractivity contribution in [3.8, 4) is 0 Å². The molecular weight excluding hydrogens is 746 g/mol. The maximum absolute atomic E-state index is 14.4. The molecule has 14 nitrogen and oxygen atoms in total. The van der Waals surface area contributed by atoms with Crippen LogP contribution in [-0.2, 0) is 37.4 Å². The highest BCUT2D eigenvalue weighted by Gasteiger charge is 2.44. The Balaban J connectivity index is 1.28. The number of amides is 2. The minimum Gasteiger partial charge on any atom is -0.434 e. The zero-order valence-corrected chi connectivity index (χ0v) is 32.1. The summed E-state index contributed by atoms with van der Waals surface area (Å²) in [5.74, 6) is -1.80. The van der Waals surface area contributed by atoms with Gasteiger partial charge in [0.2, 0.25) is 27.6 Å². The number of aromatic nitrogens is 1. The molecule has 4 aromatic rings. The molecule has 0 unspecified atom stereocenters. The number of halogens is 1. The van der Waals surface area contributed by atoms with Crippen molar-refractivity contribution in [2.24, 2.45) is 11.7 Å². The van der Waals surface area contributed by atoms with Crippen LogP contribution in [0.1, 0.15) is 59.5 Å². The number of Topliss-reactive ketones (excluding diaryl/α,β-unsaturated/α-hetero) is 1. The van der Waals surface area contributed by atoms with Gasteiger partial charge in [0.25, 0.3) is 5.89 Å². The number of hydrogen-bond acceptors (Lipinski definition) is 10. The third-order valence-electron chi connectivity index (χ3n) is 10.0. The van der Waals surface area contributed by atoms with E-state index in [0.717, 1.165) is 37.8 Å². The first-order valence-electron chi connectivity index (χ1n) is 18.3. The summed E-state index contributed by atoms with van der Waals surface area (Å²) in [6, 6.07) is 17.4. The van der Waals surface area contributed by atoms with Crippen LogP contribution in [0.5, 0.6) is 0 Å². The molecule has 2 aliphatic heterocycles. The Bertz CT molecular complexity index is 2090. The van der Waals surface area contributed by atoms with E-state index in [1.165, 1.54) is 4.90 Å². The number of nitrogens with one attached hydrogen (secondary N) is 4. The zero-order valence-electron chi connectivity index (χ0n) is 30.5. The molecule has 0 bridgehead atoms. The Morgan fingerprint density at radius 1 is 1.05 bits per heavy atom. The Hall–Kier alpha value is -4.67. The van der Waals surface area contributed by atoms with Gasteiger partial charge in [0.05, 0.1) is 19.0 Å². The van der Waals surface area contributed by atoms with Crippen LogP contribution in [0.15, 0.2) is 77.2 Å². The summed E-state index contributed by atoms with van der Waals surface area (Å²) in [6.07, 6.45) is 3.22. The molecule has 2 aliphatic rings. The molecule has 3 heterocycles.